The van der Waals surface area contributed by atoms with Gasteiger partial charge in [-0.2, -0.15) is 0 Å². The lowest BCUT2D eigenvalue weighted by Crippen LogP contribution is -2.34. The molecule has 3 heteroatoms. The Bertz CT molecular complexity index is 325. The van der Waals surface area contributed by atoms with Gasteiger partial charge in [-0.3, -0.25) is 4.90 Å². The van der Waals surface area contributed by atoms with Crippen LogP contribution in [0.1, 0.15) is 20.3 Å². The summed E-state index contributed by atoms with van der Waals surface area (Å²) in [5.74, 6) is 6.27. The summed E-state index contributed by atoms with van der Waals surface area (Å²) in [4.78, 5) is 2.18. The van der Waals surface area contributed by atoms with Crippen molar-refractivity contribution in [1.82, 2.24) is 4.90 Å². The third-order valence-corrected chi connectivity index (χ3v) is 2.56. The van der Waals surface area contributed by atoms with E-state index in [4.69, 9.17) is 9.47 Å². The molecule has 0 aliphatic heterocycles. The minimum Gasteiger partial charge on any atom is -0.342 e. The summed E-state index contributed by atoms with van der Waals surface area (Å²) in [6.07, 6.45) is 5.91. The Morgan fingerprint density at radius 1 is 0.950 bits per heavy atom. The maximum absolute atomic E-state index is 5.43. The van der Waals surface area contributed by atoms with Crippen LogP contribution in [0.2, 0.25) is 0 Å². The topological polar surface area (TPSA) is 21.7 Å². The van der Waals surface area contributed by atoms with Crippen molar-refractivity contribution in [3.8, 4) is 11.8 Å². The highest BCUT2D eigenvalue weighted by Gasteiger charge is 2.13. The van der Waals surface area contributed by atoms with Gasteiger partial charge in [0.05, 0.1) is 6.04 Å². The first-order valence-corrected chi connectivity index (χ1v) is 7.04. The molecule has 1 unspecified atom stereocenters. The maximum atomic E-state index is 5.43. The van der Waals surface area contributed by atoms with Crippen LogP contribution in [0.15, 0.2) is 38.0 Å². The molecule has 3 nitrogen and oxygen atoms in total. The molecule has 0 radical (unpaired) electrons. The Morgan fingerprint density at radius 2 is 1.50 bits per heavy atom. The second kappa shape index (κ2) is 12.7. The fourth-order valence-corrected chi connectivity index (χ4v) is 1.72. The predicted octanol–water partition coefficient (Wildman–Crippen LogP) is 3.01. The lowest BCUT2D eigenvalue weighted by molar-refractivity contribution is -0.0971. The molecule has 0 saturated heterocycles. The molecule has 20 heavy (non-hydrogen) atoms. The van der Waals surface area contributed by atoms with Crippen molar-refractivity contribution in [2.75, 3.05) is 26.3 Å². The van der Waals surface area contributed by atoms with Gasteiger partial charge >= 0.3 is 0 Å². The van der Waals surface area contributed by atoms with Gasteiger partial charge in [0.2, 0.25) is 6.29 Å². The van der Waals surface area contributed by atoms with Crippen molar-refractivity contribution in [3.05, 3.63) is 38.0 Å². The van der Waals surface area contributed by atoms with Crippen LogP contribution in [0, 0.1) is 11.8 Å². The van der Waals surface area contributed by atoms with E-state index in [9.17, 15) is 0 Å². The standard InChI is InChI=1S/C17H27NO2/c1-6-11-16(18(14-7-2)15-8-3)12-13-17(19-9-4)20-10-5/h6-8,16-17H,1-3,9-11,14-15H2,4-5H3. The summed E-state index contributed by atoms with van der Waals surface area (Å²) in [6, 6.07) is 0.0620. The van der Waals surface area contributed by atoms with Gasteiger partial charge in [0, 0.05) is 26.3 Å². The lowest BCUT2D eigenvalue weighted by atomic mass is 10.1. The van der Waals surface area contributed by atoms with Gasteiger partial charge in [-0.1, -0.05) is 24.1 Å². The molecule has 0 N–H and O–H groups in total. The molecular formula is C17H27NO2. The average molecular weight is 277 g/mol. The monoisotopic (exact) mass is 277 g/mol. The van der Waals surface area contributed by atoms with E-state index in [0.717, 1.165) is 19.5 Å². The first-order valence-electron chi connectivity index (χ1n) is 7.04. The summed E-state index contributed by atoms with van der Waals surface area (Å²) >= 11 is 0. The highest BCUT2D eigenvalue weighted by Crippen LogP contribution is 2.05. The van der Waals surface area contributed by atoms with Crippen molar-refractivity contribution < 1.29 is 9.47 Å². The molecule has 0 bridgehead atoms. The maximum Gasteiger partial charge on any atom is 0.222 e. The first kappa shape index (κ1) is 18.7. The Hall–Kier alpha value is -1.34. The number of hydrogen-bond donors (Lipinski definition) is 0. The predicted molar refractivity (Wildman–Crippen MR) is 85.4 cm³/mol. The molecule has 0 aromatic rings. The van der Waals surface area contributed by atoms with Gasteiger partial charge in [0.25, 0.3) is 0 Å². The van der Waals surface area contributed by atoms with Gasteiger partial charge in [0.15, 0.2) is 0 Å². The van der Waals surface area contributed by atoms with Gasteiger partial charge in [-0.15, -0.1) is 19.7 Å². The number of hydrogen-bond acceptors (Lipinski definition) is 3. The molecule has 0 aromatic carbocycles. The Morgan fingerprint density at radius 3 is 1.90 bits per heavy atom. The summed E-state index contributed by atoms with van der Waals surface area (Å²) in [5, 5.41) is 0. The van der Waals surface area contributed by atoms with Crippen LogP contribution in [-0.2, 0) is 9.47 Å². The molecule has 0 aromatic heterocycles. The van der Waals surface area contributed by atoms with Crippen molar-refractivity contribution in [1.29, 1.82) is 0 Å². The second-order valence-electron chi connectivity index (χ2n) is 4.10. The lowest BCUT2D eigenvalue weighted by Gasteiger charge is -2.25. The summed E-state index contributed by atoms with van der Waals surface area (Å²) in [5.41, 5.74) is 0. The van der Waals surface area contributed by atoms with E-state index < -0.39 is 6.29 Å². The molecule has 0 aliphatic rings. The Labute approximate surface area is 123 Å². The molecule has 0 aliphatic carbocycles. The quantitative estimate of drug-likeness (QED) is 0.329. The van der Waals surface area contributed by atoms with Crippen molar-refractivity contribution >= 4 is 0 Å². The molecule has 0 rings (SSSR count). The van der Waals surface area contributed by atoms with E-state index in [1.54, 1.807) is 0 Å². The van der Waals surface area contributed by atoms with Gasteiger partial charge in [-0.25, -0.2) is 0 Å². The van der Waals surface area contributed by atoms with Crippen LogP contribution in [0.25, 0.3) is 0 Å². The van der Waals surface area contributed by atoms with Crippen molar-refractivity contribution in [3.63, 3.8) is 0 Å². The third kappa shape index (κ3) is 7.96. The number of rotatable bonds is 11. The van der Waals surface area contributed by atoms with E-state index in [0.29, 0.717) is 13.2 Å². The Balaban J connectivity index is 4.90. The molecule has 1 atom stereocenters. The Kier molecular flexibility index (Phi) is 11.8. The smallest absolute Gasteiger partial charge is 0.222 e. The SMILES string of the molecule is C=CCC(C#CC(OCC)OCC)N(CC=C)CC=C. The highest BCUT2D eigenvalue weighted by molar-refractivity contribution is 5.13. The van der Waals surface area contributed by atoms with Crippen LogP contribution >= 0.6 is 0 Å². The van der Waals surface area contributed by atoms with Crippen LogP contribution in [0.3, 0.4) is 0 Å². The molecule has 0 spiro atoms. The minimum atomic E-state index is -0.466. The minimum absolute atomic E-state index is 0.0620. The third-order valence-electron chi connectivity index (χ3n) is 2.56. The van der Waals surface area contributed by atoms with Crippen LogP contribution in [-0.4, -0.2) is 43.5 Å². The van der Waals surface area contributed by atoms with Gasteiger partial charge in [0.1, 0.15) is 0 Å². The fourth-order valence-electron chi connectivity index (χ4n) is 1.72. The van der Waals surface area contributed by atoms with Crippen LogP contribution in [0.4, 0.5) is 0 Å². The largest absolute Gasteiger partial charge is 0.342 e. The molecule has 0 fully saturated rings. The molecule has 0 saturated carbocycles. The fraction of sp³-hybridized carbons (Fsp3) is 0.529. The van der Waals surface area contributed by atoms with Crippen LogP contribution < -0.4 is 0 Å². The summed E-state index contributed by atoms with van der Waals surface area (Å²) < 4.78 is 10.9. The second-order valence-corrected chi connectivity index (χ2v) is 4.10. The highest BCUT2D eigenvalue weighted by atomic mass is 16.7. The molecule has 112 valence electrons. The van der Waals surface area contributed by atoms with E-state index in [-0.39, 0.29) is 6.04 Å². The normalized spacial score (nSPS) is 11.8. The van der Waals surface area contributed by atoms with Crippen LogP contribution in [0.5, 0.6) is 0 Å². The van der Waals surface area contributed by atoms with E-state index in [1.807, 2.05) is 32.1 Å². The van der Waals surface area contributed by atoms with E-state index in [2.05, 4.69) is 36.5 Å². The first-order chi connectivity index (χ1) is 9.73. The zero-order chi connectivity index (χ0) is 15.2. The zero-order valence-electron chi connectivity index (χ0n) is 12.8. The number of nitrogens with zero attached hydrogens (tertiary/aromatic N) is 1. The van der Waals surface area contributed by atoms with Gasteiger partial charge in [-0.05, 0) is 26.2 Å². The van der Waals surface area contributed by atoms with E-state index in [1.165, 1.54) is 0 Å². The van der Waals surface area contributed by atoms with Crippen molar-refractivity contribution in [2.24, 2.45) is 0 Å². The number of ether oxygens (including phenoxy) is 2. The molecule has 0 amide bonds. The average Bonchev–Trinajstić information content (AvgIpc) is 2.43. The molecule has 0 heterocycles. The summed E-state index contributed by atoms with van der Waals surface area (Å²) in [6.45, 7) is 17.9. The van der Waals surface area contributed by atoms with E-state index >= 15 is 0 Å². The van der Waals surface area contributed by atoms with Crippen molar-refractivity contribution in [2.45, 2.75) is 32.6 Å². The zero-order valence-corrected chi connectivity index (χ0v) is 12.8. The van der Waals surface area contributed by atoms with Gasteiger partial charge < -0.3 is 9.47 Å². The molecular weight excluding hydrogens is 250 g/mol. The summed E-state index contributed by atoms with van der Waals surface area (Å²) in [7, 11) is 0.